The topological polar surface area (TPSA) is 8.17 Å². The van der Waals surface area contributed by atoms with Gasteiger partial charge in [-0.25, -0.2) is 0 Å². The van der Waals surface area contributed by atoms with E-state index in [-0.39, 0.29) is 0 Å². The summed E-state index contributed by atoms with van der Waals surface area (Å²) in [5.74, 6) is 0. The Labute approximate surface area is 360 Å². The van der Waals surface area contributed by atoms with E-state index in [1.807, 2.05) is 0 Å². The van der Waals surface area contributed by atoms with Crippen LogP contribution in [0.1, 0.15) is 0 Å². The Balaban J connectivity index is 1.00. The standard InChI is InChI=1S/C60H40N2/c1-2-17-48(18-3-1)62-59-26-9-8-21-57(59)58-25-12-23-54(60(58)62)47-16-10-19-51(40-47)61(49-34-29-42(30-35-49)46-28-27-41-13-4-5-15-45(41)39-46)50-36-31-44(32-37-50)53-22-11-24-55-52-20-7-6-14-43(52)33-38-56(53)55/h1-40H. The minimum absolute atomic E-state index is 1.09. The molecule has 0 N–H and O–H groups in total. The summed E-state index contributed by atoms with van der Waals surface area (Å²) in [6, 6.07) is 88.5. The van der Waals surface area contributed by atoms with Crippen molar-refractivity contribution in [2.75, 3.05) is 4.90 Å². The van der Waals surface area contributed by atoms with E-state index in [1.165, 1.54) is 81.9 Å². The van der Waals surface area contributed by atoms with E-state index in [0.717, 1.165) is 28.3 Å². The molecule has 0 bridgehead atoms. The first kappa shape index (κ1) is 35.7. The lowest BCUT2D eigenvalue weighted by Crippen LogP contribution is -2.10. The van der Waals surface area contributed by atoms with Crippen molar-refractivity contribution in [1.29, 1.82) is 0 Å². The first-order valence-electron chi connectivity index (χ1n) is 21.3. The normalized spacial score (nSPS) is 11.5. The van der Waals surface area contributed by atoms with Crippen LogP contribution in [-0.4, -0.2) is 4.57 Å². The van der Waals surface area contributed by atoms with Gasteiger partial charge in [0.1, 0.15) is 0 Å². The van der Waals surface area contributed by atoms with Crippen molar-refractivity contribution >= 4 is 71.2 Å². The molecule has 1 heterocycles. The van der Waals surface area contributed by atoms with E-state index in [1.54, 1.807) is 0 Å². The molecule has 2 heteroatoms. The summed E-state index contributed by atoms with van der Waals surface area (Å²) in [7, 11) is 0. The van der Waals surface area contributed by atoms with Gasteiger partial charge in [-0.05, 0) is 121 Å². The van der Waals surface area contributed by atoms with Crippen LogP contribution < -0.4 is 4.90 Å². The van der Waals surface area contributed by atoms with Gasteiger partial charge in [0.15, 0.2) is 0 Å². The van der Waals surface area contributed by atoms with Gasteiger partial charge in [0.05, 0.1) is 11.0 Å². The fourth-order valence-corrected chi connectivity index (χ4v) is 9.61. The van der Waals surface area contributed by atoms with Crippen LogP contribution in [0, 0.1) is 0 Å². The number of para-hydroxylation sites is 3. The fraction of sp³-hybridized carbons (Fsp3) is 0. The van der Waals surface area contributed by atoms with Crippen molar-refractivity contribution in [2.24, 2.45) is 0 Å². The van der Waals surface area contributed by atoms with E-state index < -0.39 is 0 Å². The van der Waals surface area contributed by atoms with Crippen LogP contribution >= 0.6 is 0 Å². The van der Waals surface area contributed by atoms with Gasteiger partial charge in [0.2, 0.25) is 0 Å². The van der Waals surface area contributed by atoms with E-state index in [9.17, 15) is 0 Å². The highest BCUT2D eigenvalue weighted by atomic mass is 15.1. The van der Waals surface area contributed by atoms with Gasteiger partial charge in [-0.1, -0.05) is 182 Å². The zero-order chi connectivity index (χ0) is 41.0. The second kappa shape index (κ2) is 14.8. The molecule has 0 spiro atoms. The summed E-state index contributed by atoms with van der Waals surface area (Å²) in [5.41, 5.74) is 14.0. The number of fused-ring (bicyclic) bond motifs is 7. The number of hydrogen-bond acceptors (Lipinski definition) is 1. The molecule has 0 aliphatic carbocycles. The molecule has 12 aromatic rings. The zero-order valence-corrected chi connectivity index (χ0v) is 34.0. The van der Waals surface area contributed by atoms with Gasteiger partial charge in [-0.2, -0.15) is 0 Å². The molecule has 0 aliphatic heterocycles. The highest BCUT2D eigenvalue weighted by Gasteiger charge is 2.19. The van der Waals surface area contributed by atoms with Crippen LogP contribution in [0.3, 0.4) is 0 Å². The minimum atomic E-state index is 1.09. The van der Waals surface area contributed by atoms with Crippen molar-refractivity contribution in [2.45, 2.75) is 0 Å². The zero-order valence-electron chi connectivity index (χ0n) is 34.0. The Hall–Kier alpha value is -8.20. The maximum atomic E-state index is 2.42. The Bertz CT molecular complexity index is 3620. The predicted octanol–water partition coefficient (Wildman–Crippen LogP) is 16.7. The SMILES string of the molecule is c1ccc(-n2c3ccccc3c3cccc(-c4cccc(N(c5ccc(-c6ccc7ccccc7c6)cc5)c5ccc(-c6cccc7c6ccc6ccccc67)cc5)c4)c32)cc1. The van der Waals surface area contributed by atoms with E-state index in [4.69, 9.17) is 0 Å². The van der Waals surface area contributed by atoms with Crippen LogP contribution in [0.2, 0.25) is 0 Å². The van der Waals surface area contributed by atoms with E-state index in [0.29, 0.717) is 0 Å². The molecule has 0 amide bonds. The summed E-state index contributed by atoms with van der Waals surface area (Å²) in [5, 5.41) is 10.1. The third kappa shape index (κ3) is 6.04. The molecule has 0 radical (unpaired) electrons. The molecular weight excluding hydrogens is 749 g/mol. The molecule has 0 atom stereocenters. The lowest BCUT2D eigenvalue weighted by molar-refractivity contribution is 1.18. The number of nitrogens with zero attached hydrogens (tertiary/aromatic N) is 2. The molecule has 0 saturated heterocycles. The van der Waals surface area contributed by atoms with Gasteiger partial charge in [-0.15, -0.1) is 0 Å². The molecule has 12 rings (SSSR count). The van der Waals surface area contributed by atoms with Gasteiger partial charge < -0.3 is 9.47 Å². The molecule has 62 heavy (non-hydrogen) atoms. The summed E-state index contributed by atoms with van der Waals surface area (Å²) in [4.78, 5) is 2.39. The quantitative estimate of drug-likeness (QED) is 0.146. The van der Waals surface area contributed by atoms with Crippen LogP contribution in [0.15, 0.2) is 243 Å². The van der Waals surface area contributed by atoms with Crippen LogP contribution in [0.5, 0.6) is 0 Å². The number of benzene rings is 11. The summed E-state index contributed by atoms with van der Waals surface area (Å²) in [6.45, 7) is 0. The van der Waals surface area contributed by atoms with Gasteiger partial charge in [-0.3, -0.25) is 0 Å². The second-order valence-electron chi connectivity index (χ2n) is 16.1. The summed E-state index contributed by atoms with van der Waals surface area (Å²) >= 11 is 0. The van der Waals surface area contributed by atoms with E-state index in [2.05, 4.69) is 252 Å². The van der Waals surface area contributed by atoms with Gasteiger partial charge in [0, 0.05) is 39.1 Å². The Kier molecular flexibility index (Phi) is 8.53. The number of aromatic nitrogens is 1. The van der Waals surface area contributed by atoms with Crippen molar-refractivity contribution in [3.8, 4) is 39.1 Å². The van der Waals surface area contributed by atoms with Crippen LogP contribution in [-0.2, 0) is 0 Å². The number of anilines is 3. The molecule has 0 fully saturated rings. The molecule has 1 aromatic heterocycles. The Morgan fingerprint density at radius 1 is 0.274 bits per heavy atom. The minimum Gasteiger partial charge on any atom is -0.310 e. The predicted molar refractivity (Wildman–Crippen MR) is 264 cm³/mol. The fourth-order valence-electron chi connectivity index (χ4n) is 9.61. The highest BCUT2D eigenvalue weighted by Crippen LogP contribution is 2.43. The first-order valence-corrected chi connectivity index (χ1v) is 21.3. The monoisotopic (exact) mass is 788 g/mol. The van der Waals surface area contributed by atoms with Crippen LogP contribution in [0.25, 0.3) is 93.2 Å². The molecule has 290 valence electrons. The Morgan fingerprint density at radius 3 is 1.68 bits per heavy atom. The lowest BCUT2D eigenvalue weighted by Gasteiger charge is -2.26. The second-order valence-corrected chi connectivity index (χ2v) is 16.1. The molecule has 11 aromatic carbocycles. The van der Waals surface area contributed by atoms with Crippen molar-refractivity contribution < 1.29 is 0 Å². The summed E-state index contributed by atoms with van der Waals surface area (Å²) < 4.78 is 2.42. The first-order chi connectivity index (χ1) is 30.7. The average molecular weight is 789 g/mol. The Morgan fingerprint density at radius 2 is 0.871 bits per heavy atom. The molecule has 0 aliphatic rings. The summed E-state index contributed by atoms with van der Waals surface area (Å²) in [6.07, 6.45) is 0. The van der Waals surface area contributed by atoms with Crippen molar-refractivity contribution in [3.05, 3.63) is 243 Å². The molecule has 2 nitrogen and oxygen atoms in total. The third-order valence-electron chi connectivity index (χ3n) is 12.6. The maximum absolute atomic E-state index is 2.42. The van der Waals surface area contributed by atoms with Gasteiger partial charge >= 0.3 is 0 Å². The smallest absolute Gasteiger partial charge is 0.0619 e. The van der Waals surface area contributed by atoms with E-state index >= 15 is 0 Å². The average Bonchev–Trinajstić information content (AvgIpc) is 3.69. The third-order valence-corrected chi connectivity index (χ3v) is 12.6. The van der Waals surface area contributed by atoms with Gasteiger partial charge in [0.25, 0.3) is 0 Å². The lowest BCUT2D eigenvalue weighted by atomic mass is 9.94. The number of rotatable bonds is 7. The molecular formula is C60H40N2. The highest BCUT2D eigenvalue weighted by molar-refractivity contribution is 6.14. The molecule has 0 unspecified atom stereocenters. The van der Waals surface area contributed by atoms with Crippen molar-refractivity contribution in [1.82, 2.24) is 4.57 Å². The number of hydrogen-bond donors (Lipinski definition) is 0. The molecule has 0 saturated carbocycles. The largest absolute Gasteiger partial charge is 0.310 e. The maximum Gasteiger partial charge on any atom is 0.0619 e. The van der Waals surface area contributed by atoms with Crippen LogP contribution in [0.4, 0.5) is 17.1 Å². The van der Waals surface area contributed by atoms with Crippen molar-refractivity contribution in [3.63, 3.8) is 0 Å².